The van der Waals surface area contributed by atoms with E-state index < -0.39 is 0 Å². The summed E-state index contributed by atoms with van der Waals surface area (Å²) < 4.78 is 0. The standard InChI is InChI=1S/C13H14N6/c1-19(9-11-2-5-15-6-3-11)13-8-12(16-7-4-14)17-10-18-13/h2-3,5-6,8,10H,7,9H2,1H3,(H,16,17,18). The van der Waals surface area contributed by atoms with E-state index in [1.807, 2.05) is 36.2 Å². The van der Waals surface area contributed by atoms with Gasteiger partial charge in [-0.2, -0.15) is 5.26 Å². The molecule has 6 heteroatoms. The third-order valence-corrected chi connectivity index (χ3v) is 2.56. The number of nitrogens with one attached hydrogen (secondary N) is 1. The van der Waals surface area contributed by atoms with Crippen LogP contribution in [0.4, 0.5) is 11.6 Å². The van der Waals surface area contributed by atoms with E-state index in [0.717, 1.165) is 17.9 Å². The first kappa shape index (κ1) is 12.8. The molecule has 0 unspecified atom stereocenters. The van der Waals surface area contributed by atoms with Crippen molar-refractivity contribution in [1.29, 1.82) is 5.26 Å². The van der Waals surface area contributed by atoms with Gasteiger partial charge in [0.15, 0.2) is 0 Å². The summed E-state index contributed by atoms with van der Waals surface area (Å²) in [7, 11) is 1.96. The minimum atomic E-state index is 0.227. The van der Waals surface area contributed by atoms with Crippen molar-refractivity contribution < 1.29 is 0 Å². The molecule has 0 atom stereocenters. The Morgan fingerprint density at radius 1 is 1.32 bits per heavy atom. The van der Waals surface area contributed by atoms with E-state index in [1.165, 1.54) is 6.33 Å². The van der Waals surface area contributed by atoms with E-state index in [9.17, 15) is 0 Å². The molecule has 2 rings (SSSR count). The van der Waals surface area contributed by atoms with E-state index in [1.54, 1.807) is 12.4 Å². The number of nitriles is 1. The summed E-state index contributed by atoms with van der Waals surface area (Å²) in [5.41, 5.74) is 1.16. The fourth-order valence-corrected chi connectivity index (χ4v) is 1.63. The molecule has 96 valence electrons. The lowest BCUT2D eigenvalue weighted by atomic mass is 10.2. The lowest BCUT2D eigenvalue weighted by Gasteiger charge is -2.18. The zero-order valence-electron chi connectivity index (χ0n) is 10.6. The summed E-state index contributed by atoms with van der Waals surface area (Å²) in [4.78, 5) is 14.3. The highest BCUT2D eigenvalue weighted by Gasteiger charge is 2.05. The van der Waals surface area contributed by atoms with E-state index in [-0.39, 0.29) is 6.54 Å². The van der Waals surface area contributed by atoms with Gasteiger partial charge in [0.1, 0.15) is 24.5 Å². The van der Waals surface area contributed by atoms with Gasteiger partial charge < -0.3 is 10.2 Å². The molecule has 0 aromatic carbocycles. The van der Waals surface area contributed by atoms with Crippen LogP contribution in [0.2, 0.25) is 0 Å². The number of nitrogens with zero attached hydrogens (tertiary/aromatic N) is 5. The molecule has 0 aliphatic heterocycles. The summed E-state index contributed by atoms with van der Waals surface area (Å²) in [6, 6.07) is 7.76. The van der Waals surface area contributed by atoms with Crippen LogP contribution < -0.4 is 10.2 Å². The molecule has 0 amide bonds. The largest absolute Gasteiger partial charge is 0.357 e. The lowest BCUT2D eigenvalue weighted by Crippen LogP contribution is -2.18. The Morgan fingerprint density at radius 2 is 2.11 bits per heavy atom. The number of aromatic nitrogens is 3. The van der Waals surface area contributed by atoms with Gasteiger partial charge in [-0.1, -0.05) is 0 Å². The first-order valence-corrected chi connectivity index (χ1v) is 5.82. The molecule has 0 saturated heterocycles. The smallest absolute Gasteiger partial charge is 0.134 e. The highest BCUT2D eigenvalue weighted by atomic mass is 15.2. The van der Waals surface area contributed by atoms with Crippen molar-refractivity contribution in [1.82, 2.24) is 15.0 Å². The highest BCUT2D eigenvalue weighted by Crippen LogP contribution is 2.14. The van der Waals surface area contributed by atoms with Crippen molar-refractivity contribution in [3.05, 3.63) is 42.5 Å². The molecular weight excluding hydrogens is 240 g/mol. The predicted molar refractivity (Wildman–Crippen MR) is 72.5 cm³/mol. The molecule has 0 aliphatic carbocycles. The van der Waals surface area contributed by atoms with Crippen molar-refractivity contribution in [3.8, 4) is 6.07 Å². The zero-order chi connectivity index (χ0) is 13.5. The van der Waals surface area contributed by atoms with Crippen molar-refractivity contribution >= 4 is 11.6 Å². The summed E-state index contributed by atoms with van der Waals surface area (Å²) in [6.45, 7) is 0.960. The average Bonchev–Trinajstić information content (AvgIpc) is 2.46. The molecule has 0 spiro atoms. The van der Waals surface area contributed by atoms with E-state index >= 15 is 0 Å². The molecule has 1 N–H and O–H groups in total. The summed E-state index contributed by atoms with van der Waals surface area (Å²) in [5.74, 6) is 1.44. The Hall–Kier alpha value is -2.68. The molecule has 0 aliphatic rings. The van der Waals surface area contributed by atoms with Crippen LogP contribution in [0.1, 0.15) is 5.56 Å². The van der Waals surface area contributed by atoms with E-state index in [2.05, 4.69) is 20.3 Å². The van der Waals surface area contributed by atoms with Crippen molar-refractivity contribution in [2.24, 2.45) is 0 Å². The van der Waals surface area contributed by atoms with Crippen LogP contribution in [0.15, 0.2) is 36.9 Å². The maximum absolute atomic E-state index is 8.53. The van der Waals surface area contributed by atoms with Gasteiger partial charge in [0.05, 0.1) is 6.07 Å². The topological polar surface area (TPSA) is 77.7 Å². The van der Waals surface area contributed by atoms with Crippen LogP contribution in [0, 0.1) is 11.3 Å². The Morgan fingerprint density at radius 3 is 2.84 bits per heavy atom. The van der Waals surface area contributed by atoms with Crippen LogP contribution in [-0.2, 0) is 6.54 Å². The third kappa shape index (κ3) is 3.64. The van der Waals surface area contributed by atoms with Gasteiger partial charge in [-0.15, -0.1) is 0 Å². The maximum Gasteiger partial charge on any atom is 0.134 e. The third-order valence-electron chi connectivity index (χ3n) is 2.56. The number of hydrogen-bond acceptors (Lipinski definition) is 6. The van der Waals surface area contributed by atoms with E-state index in [4.69, 9.17) is 5.26 Å². The number of pyridine rings is 1. The van der Waals surface area contributed by atoms with Gasteiger partial charge in [-0.25, -0.2) is 9.97 Å². The number of hydrogen-bond donors (Lipinski definition) is 1. The van der Waals surface area contributed by atoms with Gasteiger partial charge in [-0.3, -0.25) is 4.98 Å². The Kier molecular flexibility index (Phi) is 4.24. The fraction of sp³-hybridized carbons (Fsp3) is 0.231. The molecule has 2 aromatic heterocycles. The van der Waals surface area contributed by atoms with Crippen molar-refractivity contribution in [2.75, 3.05) is 23.8 Å². The monoisotopic (exact) mass is 254 g/mol. The Labute approximate surface area is 111 Å². The molecule has 0 fully saturated rings. The molecule has 19 heavy (non-hydrogen) atoms. The molecule has 2 heterocycles. The Bertz CT molecular complexity index is 563. The molecule has 0 bridgehead atoms. The molecular formula is C13H14N6. The van der Waals surface area contributed by atoms with Crippen molar-refractivity contribution in [2.45, 2.75) is 6.54 Å². The van der Waals surface area contributed by atoms with Gasteiger partial charge in [-0.05, 0) is 17.7 Å². The second kappa shape index (κ2) is 6.31. The second-order valence-corrected chi connectivity index (χ2v) is 3.98. The highest BCUT2D eigenvalue weighted by molar-refractivity contribution is 5.48. The summed E-state index contributed by atoms with van der Waals surface area (Å²) in [6.07, 6.45) is 5.02. The lowest BCUT2D eigenvalue weighted by molar-refractivity contribution is 0.888. The first-order valence-electron chi connectivity index (χ1n) is 5.82. The normalized spacial score (nSPS) is 9.68. The predicted octanol–water partition coefficient (Wildman–Crippen LogP) is 1.44. The Balaban J connectivity index is 2.06. The second-order valence-electron chi connectivity index (χ2n) is 3.98. The molecule has 0 saturated carbocycles. The quantitative estimate of drug-likeness (QED) is 0.813. The van der Waals surface area contributed by atoms with Crippen LogP contribution >= 0.6 is 0 Å². The van der Waals surface area contributed by atoms with Crippen LogP contribution in [0.3, 0.4) is 0 Å². The van der Waals surface area contributed by atoms with Crippen molar-refractivity contribution in [3.63, 3.8) is 0 Å². The SMILES string of the molecule is CN(Cc1ccncc1)c1cc(NCC#N)ncn1. The van der Waals surface area contributed by atoms with Crippen LogP contribution in [0.25, 0.3) is 0 Å². The average molecular weight is 254 g/mol. The summed E-state index contributed by atoms with van der Waals surface area (Å²) >= 11 is 0. The minimum Gasteiger partial charge on any atom is -0.357 e. The first-order chi connectivity index (χ1) is 9.29. The van der Waals surface area contributed by atoms with Crippen LogP contribution in [-0.4, -0.2) is 28.5 Å². The minimum absolute atomic E-state index is 0.227. The van der Waals surface area contributed by atoms with Gasteiger partial charge in [0, 0.05) is 32.1 Å². The van der Waals surface area contributed by atoms with E-state index in [0.29, 0.717) is 5.82 Å². The summed E-state index contributed by atoms with van der Waals surface area (Å²) in [5, 5.41) is 11.4. The maximum atomic E-state index is 8.53. The number of anilines is 2. The molecule has 2 aromatic rings. The zero-order valence-corrected chi connectivity index (χ0v) is 10.6. The van der Waals surface area contributed by atoms with Crippen LogP contribution in [0.5, 0.6) is 0 Å². The molecule has 0 radical (unpaired) electrons. The van der Waals surface area contributed by atoms with Gasteiger partial charge in [0.2, 0.25) is 0 Å². The molecule has 6 nitrogen and oxygen atoms in total. The van der Waals surface area contributed by atoms with Gasteiger partial charge in [0.25, 0.3) is 0 Å². The number of rotatable bonds is 5. The van der Waals surface area contributed by atoms with Gasteiger partial charge >= 0.3 is 0 Å². The fourth-order valence-electron chi connectivity index (χ4n) is 1.63.